The summed E-state index contributed by atoms with van der Waals surface area (Å²) in [5.74, 6) is 1.05. The smallest absolute Gasteiger partial charge is 0.407 e. The molecule has 0 aliphatic heterocycles. The number of carbonyl (C=O) groups excluding carboxylic acids is 1. The minimum absolute atomic E-state index is 0.252. The van der Waals surface area contributed by atoms with Crippen molar-refractivity contribution in [2.75, 3.05) is 0 Å². The predicted molar refractivity (Wildman–Crippen MR) is 81.6 cm³/mol. The minimum atomic E-state index is -0.295. The number of hydrogen-bond donors (Lipinski definition) is 2. The van der Waals surface area contributed by atoms with Crippen LogP contribution in [0.3, 0.4) is 0 Å². The molecule has 2 fully saturated rings. The van der Waals surface area contributed by atoms with Gasteiger partial charge in [0, 0.05) is 12.1 Å². The molecule has 4 heteroatoms. The molecule has 4 atom stereocenters. The third kappa shape index (κ3) is 3.56. The molecular weight excluding hydrogens is 264 g/mol. The highest BCUT2D eigenvalue weighted by Gasteiger charge is 2.40. The van der Waals surface area contributed by atoms with Crippen molar-refractivity contribution in [3.63, 3.8) is 0 Å². The van der Waals surface area contributed by atoms with Crippen LogP contribution in [-0.4, -0.2) is 18.2 Å². The van der Waals surface area contributed by atoms with Gasteiger partial charge in [0.05, 0.1) is 0 Å². The maximum atomic E-state index is 12.0. The Balaban J connectivity index is 1.52. The van der Waals surface area contributed by atoms with E-state index in [1.807, 2.05) is 30.3 Å². The Morgan fingerprint density at radius 1 is 1.19 bits per heavy atom. The molecule has 3 N–H and O–H groups in total. The summed E-state index contributed by atoms with van der Waals surface area (Å²) in [5, 5.41) is 3.09. The van der Waals surface area contributed by atoms with Crippen LogP contribution in [0.4, 0.5) is 4.79 Å². The van der Waals surface area contributed by atoms with Crippen LogP contribution in [0.15, 0.2) is 30.3 Å². The lowest BCUT2D eigenvalue weighted by atomic mass is 9.67. The summed E-state index contributed by atoms with van der Waals surface area (Å²) in [5.41, 5.74) is 7.12. The normalized spacial score (nSPS) is 31.5. The van der Waals surface area contributed by atoms with Gasteiger partial charge >= 0.3 is 6.09 Å². The first-order chi connectivity index (χ1) is 10.2. The van der Waals surface area contributed by atoms with Crippen LogP contribution in [-0.2, 0) is 11.3 Å². The van der Waals surface area contributed by atoms with Gasteiger partial charge in [0.1, 0.15) is 6.61 Å². The van der Waals surface area contributed by atoms with Crippen LogP contribution in [0.1, 0.15) is 37.7 Å². The average molecular weight is 288 g/mol. The molecule has 1 aromatic carbocycles. The van der Waals surface area contributed by atoms with Crippen LogP contribution in [0.2, 0.25) is 0 Å². The fourth-order valence-corrected chi connectivity index (χ4v) is 3.93. The Hall–Kier alpha value is -1.55. The molecule has 2 bridgehead atoms. The second-order valence-electron chi connectivity index (χ2n) is 6.41. The first-order valence-electron chi connectivity index (χ1n) is 7.95. The number of amides is 1. The van der Waals surface area contributed by atoms with Crippen molar-refractivity contribution >= 4 is 6.09 Å². The number of fused-ring (bicyclic) bond motifs is 2. The quantitative estimate of drug-likeness (QED) is 0.899. The lowest BCUT2D eigenvalue weighted by molar-refractivity contribution is 0.0866. The van der Waals surface area contributed by atoms with E-state index in [1.54, 1.807) is 0 Å². The molecule has 1 aromatic rings. The average Bonchev–Trinajstić information content (AvgIpc) is 2.47. The largest absolute Gasteiger partial charge is 0.445 e. The van der Waals surface area contributed by atoms with Gasteiger partial charge in [0.2, 0.25) is 0 Å². The Morgan fingerprint density at radius 2 is 1.86 bits per heavy atom. The number of hydrogen-bond acceptors (Lipinski definition) is 3. The van der Waals surface area contributed by atoms with Crippen LogP contribution in [0, 0.1) is 11.8 Å². The van der Waals surface area contributed by atoms with Crippen LogP contribution in [0.5, 0.6) is 0 Å². The van der Waals surface area contributed by atoms with E-state index in [-0.39, 0.29) is 12.1 Å². The van der Waals surface area contributed by atoms with Gasteiger partial charge < -0.3 is 15.8 Å². The van der Waals surface area contributed by atoms with E-state index in [1.165, 1.54) is 19.3 Å². The molecule has 3 rings (SSSR count). The lowest BCUT2D eigenvalue weighted by Gasteiger charge is -2.44. The molecule has 114 valence electrons. The lowest BCUT2D eigenvalue weighted by Crippen LogP contribution is -2.53. The van der Waals surface area contributed by atoms with E-state index in [4.69, 9.17) is 10.5 Å². The van der Waals surface area contributed by atoms with Gasteiger partial charge in [0.25, 0.3) is 0 Å². The number of carbonyl (C=O) groups is 1. The third-order valence-corrected chi connectivity index (χ3v) is 4.87. The van der Waals surface area contributed by atoms with Crippen molar-refractivity contribution < 1.29 is 9.53 Å². The van der Waals surface area contributed by atoms with E-state index in [0.29, 0.717) is 24.5 Å². The highest BCUT2D eigenvalue weighted by molar-refractivity contribution is 5.67. The zero-order chi connectivity index (χ0) is 14.7. The maximum Gasteiger partial charge on any atom is 0.407 e. The molecule has 2 aliphatic carbocycles. The predicted octanol–water partition coefficient (Wildman–Crippen LogP) is 2.82. The van der Waals surface area contributed by atoms with Crippen LogP contribution >= 0.6 is 0 Å². The first-order valence-corrected chi connectivity index (χ1v) is 7.95. The summed E-state index contributed by atoms with van der Waals surface area (Å²) in [6.07, 6.45) is 5.37. The zero-order valence-electron chi connectivity index (χ0n) is 12.3. The molecule has 0 saturated heterocycles. The Morgan fingerprint density at radius 3 is 2.52 bits per heavy atom. The minimum Gasteiger partial charge on any atom is -0.445 e. The van der Waals surface area contributed by atoms with Crippen molar-refractivity contribution in [1.82, 2.24) is 5.32 Å². The van der Waals surface area contributed by atoms with E-state index in [0.717, 1.165) is 18.4 Å². The van der Waals surface area contributed by atoms with Crippen LogP contribution in [0.25, 0.3) is 0 Å². The third-order valence-electron chi connectivity index (χ3n) is 4.87. The van der Waals surface area contributed by atoms with Gasteiger partial charge in [-0.15, -0.1) is 0 Å². The van der Waals surface area contributed by atoms with Crippen molar-refractivity contribution in [2.24, 2.45) is 17.6 Å². The van der Waals surface area contributed by atoms with Crippen molar-refractivity contribution in [3.8, 4) is 0 Å². The molecule has 21 heavy (non-hydrogen) atoms. The summed E-state index contributed by atoms with van der Waals surface area (Å²) >= 11 is 0. The molecule has 1 amide bonds. The van der Waals surface area contributed by atoms with E-state index < -0.39 is 0 Å². The van der Waals surface area contributed by atoms with Gasteiger partial charge in [-0.2, -0.15) is 0 Å². The molecule has 0 spiro atoms. The molecule has 0 heterocycles. The van der Waals surface area contributed by atoms with Gasteiger partial charge in [-0.1, -0.05) is 36.8 Å². The zero-order valence-corrected chi connectivity index (χ0v) is 12.3. The summed E-state index contributed by atoms with van der Waals surface area (Å²) in [6.45, 7) is 0.328. The summed E-state index contributed by atoms with van der Waals surface area (Å²) < 4.78 is 5.34. The van der Waals surface area contributed by atoms with Gasteiger partial charge in [-0.05, 0) is 43.1 Å². The maximum absolute atomic E-state index is 12.0. The number of nitrogens with two attached hydrogens (primary N) is 1. The SMILES string of the molecule is NC1C[C@H]2CCC[C@@H](C1)C2NC(=O)OCc1ccccc1. The summed E-state index contributed by atoms with van der Waals surface area (Å²) in [7, 11) is 0. The topological polar surface area (TPSA) is 64.3 Å². The number of ether oxygens (including phenoxy) is 1. The Kier molecular flexibility index (Phi) is 4.44. The summed E-state index contributed by atoms with van der Waals surface area (Å²) in [6, 6.07) is 10.3. The molecule has 0 radical (unpaired) electrons. The highest BCUT2D eigenvalue weighted by Crippen LogP contribution is 2.39. The van der Waals surface area contributed by atoms with Gasteiger partial charge in [-0.3, -0.25) is 0 Å². The van der Waals surface area contributed by atoms with Crippen molar-refractivity contribution in [2.45, 2.75) is 50.8 Å². The fourth-order valence-electron chi connectivity index (χ4n) is 3.93. The van der Waals surface area contributed by atoms with Gasteiger partial charge in [0.15, 0.2) is 0 Å². The second-order valence-corrected chi connectivity index (χ2v) is 6.41. The van der Waals surface area contributed by atoms with Crippen molar-refractivity contribution in [1.29, 1.82) is 0 Å². The number of alkyl carbamates (subject to hydrolysis) is 1. The molecular formula is C17H24N2O2. The van der Waals surface area contributed by atoms with E-state index in [2.05, 4.69) is 5.32 Å². The molecule has 4 nitrogen and oxygen atoms in total. The number of benzene rings is 1. The number of nitrogens with one attached hydrogen (secondary N) is 1. The molecule has 2 aliphatic rings. The Bertz CT molecular complexity index is 463. The molecule has 2 saturated carbocycles. The Labute approximate surface area is 126 Å². The molecule has 2 unspecified atom stereocenters. The van der Waals surface area contributed by atoms with E-state index >= 15 is 0 Å². The monoisotopic (exact) mass is 288 g/mol. The van der Waals surface area contributed by atoms with Crippen LogP contribution < -0.4 is 11.1 Å². The highest BCUT2D eigenvalue weighted by atomic mass is 16.5. The van der Waals surface area contributed by atoms with Gasteiger partial charge in [-0.25, -0.2) is 4.79 Å². The summed E-state index contributed by atoms with van der Waals surface area (Å²) in [4.78, 5) is 12.0. The molecule has 0 aromatic heterocycles. The number of rotatable bonds is 3. The fraction of sp³-hybridized carbons (Fsp3) is 0.588. The first kappa shape index (κ1) is 14.4. The van der Waals surface area contributed by atoms with E-state index in [9.17, 15) is 4.79 Å². The standard InChI is InChI=1S/C17H24N2O2/c18-15-9-13-7-4-8-14(10-15)16(13)19-17(20)21-11-12-5-2-1-3-6-12/h1-3,5-6,13-16H,4,7-11,18H2,(H,19,20)/t13-,14+,15?,16?. The second kappa shape index (κ2) is 6.48. The van der Waals surface area contributed by atoms with Crippen molar-refractivity contribution in [3.05, 3.63) is 35.9 Å².